The molecule has 0 saturated carbocycles. The van der Waals surface area contributed by atoms with E-state index in [9.17, 15) is 13.2 Å². The molecular formula is C30H27Cl2N3O6S. The zero-order chi connectivity index (χ0) is 30.1. The Hall–Kier alpha value is -4.25. The first kappa shape index (κ1) is 30.7. The molecule has 4 aromatic rings. The van der Waals surface area contributed by atoms with Crippen molar-refractivity contribution in [2.75, 3.05) is 25.1 Å². The Labute approximate surface area is 254 Å². The van der Waals surface area contributed by atoms with Crippen LogP contribution in [0.1, 0.15) is 11.1 Å². The molecule has 0 aliphatic carbocycles. The van der Waals surface area contributed by atoms with E-state index in [1.54, 1.807) is 48.5 Å². The lowest BCUT2D eigenvalue weighted by Gasteiger charge is -2.24. The zero-order valence-electron chi connectivity index (χ0n) is 22.7. The van der Waals surface area contributed by atoms with Crippen LogP contribution in [0.5, 0.6) is 17.2 Å². The normalized spacial score (nSPS) is 11.2. The number of hydrogen-bond acceptors (Lipinski definition) is 7. The molecule has 0 aliphatic heterocycles. The highest BCUT2D eigenvalue weighted by atomic mass is 35.5. The van der Waals surface area contributed by atoms with Gasteiger partial charge in [-0.3, -0.25) is 9.10 Å². The molecule has 0 aliphatic rings. The van der Waals surface area contributed by atoms with Gasteiger partial charge in [-0.2, -0.15) is 5.10 Å². The molecule has 0 heterocycles. The van der Waals surface area contributed by atoms with Crippen LogP contribution in [0, 0.1) is 0 Å². The van der Waals surface area contributed by atoms with Crippen LogP contribution in [0.2, 0.25) is 10.0 Å². The Kier molecular flexibility index (Phi) is 10.3. The van der Waals surface area contributed by atoms with Crippen LogP contribution < -0.4 is 23.9 Å². The van der Waals surface area contributed by atoms with E-state index in [1.807, 2.05) is 12.1 Å². The zero-order valence-corrected chi connectivity index (χ0v) is 25.0. The summed E-state index contributed by atoms with van der Waals surface area (Å²) in [6.45, 7) is -0.230. The number of ether oxygens (including phenoxy) is 3. The van der Waals surface area contributed by atoms with E-state index < -0.39 is 22.5 Å². The van der Waals surface area contributed by atoms with E-state index in [0.717, 1.165) is 9.87 Å². The molecule has 0 aromatic heterocycles. The van der Waals surface area contributed by atoms with Gasteiger partial charge >= 0.3 is 0 Å². The van der Waals surface area contributed by atoms with Crippen molar-refractivity contribution in [3.63, 3.8) is 0 Å². The second kappa shape index (κ2) is 14.1. The van der Waals surface area contributed by atoms with E-state index in [0.29, 0.717) is 39.5 Å². The van der Waals surface area contributed by atoms with E-state index in [2.05, 4.69) is 10.5 Å². The Morgan fingerprint density at radius 1 is 0.881 bits per heavy atom. The number of anilines is 1. The highest BCUT2D eigenvalue weighted by Crippen LogP contribution is 2.29. The summed E-state index contributed by atoms with van der Waals surface area (Å²) in [5.41, 5.74) is 4.15. The number of benzene rings is 4. The summed E-state index contributed by atoms with van der Waals surface area (Å²) in [6, 6.07) is 24.5. The fraction of sp³-hybridized carbons (Fsp3) is 0.133. The Morgan fingerprint density at radius 3 is 2.29 bits per heavy atom. The van der Waals surface area contributed by atoms with Gasteiger partial charge < -0.3 is 14.2 Å². The second-order valence-electron chi connectivity index (χ2n) is 8.79. The average molecular weight is 629 g/mol. The molecule has 0 atom stereocenters. The van der Waals surface area contributed by atoms with E-state index in [1.165, 1.54) is 50.8 Å². The van der Waals surface area contributed by atoms with Crippen molar-refractivity contribution < 1.29 is 27.4 Å². The SMILES string of the molecule is COc1ccc(S(=O)(=O)N(CC(=O)N/N=C\c2ccc(OCc3ccc(Cl)cc3)c(OC)c2)c2cccc(Cl)c2)cc1. The van der Waals surface area contributed by atoms with Gasteiger partial charge in [0.25, 0.3) is 15.9 Å². The molecule has 1 amide bonds. The Balaban J connectivity index is 1.46. The summed E-state index contributed by atoms with van der Waals surface area (Å²) in [7, 11) is -1.15. The van der Waals surface area contributed by atoms with Gasteiger partial charge in [0.05, 0.1) is 31.0 Å². The third-order valence-corrected chi connectivity index (χ3v) is 8.20. The first-order chi connectivity index (χ1) is 20.2. The lowest BCUT2D eigenvalue weighted by molar-refractivity contribution is -0.119. The number of sulfonamides is 1. The van der Waals surface area contributed by atoms with Crippen molar-refractivity contribution >= 4 is 51.0 Å². The summed E-state index contributed by atoms with van der Waals surface area (Å²) in [5, 5.41) is 4.95. The van der Waals surface area contributed by atoms with Crippen molar-refractivity contribution in [2.24, 2.45) is 5.10 Å². The first-order valence-electron chi connectivity index (χ1n) is 12.5. The van der Waals surface area contributed by atoms with Crippen molar-refractivity contribution in [3.8, 4) is 17.2 Å². The number of hydrazone groups is 1. The number of rotatable bonds is 12. The van der Waals surface area contributed by atoms with Crippen LogP contribution in [0.3, 0.4) is 0 Å². The smallest absolute Gasteiger partial charge is 0.264 e. The molecule has 4 aromatic carbocycles. The number of methoxy groups -OCH3 is 2. The minimum atomic E-state index is -4.14. The van der Waals surface area contributed by atoms with Crippen LogP contribution in [-0.4, -0.2) is 41.3 Å². The third kappa shape index (κ3) is 7.94. The maximum atomic E-state index is 13.5. The Morgan fingerprint density at radius 2 is 1.62 bits per heavy atom. The molecule has 0 fully saturated rings. The van der Waals surface area contributed by atoms with Gasteiger partial charge in [-0.25, -0.2) is 13.8 Å². The number of carbonyl (C=O) groups excluding carboxylic acids is 1. The molecule has 0 bridgehead atoms. The maximum absolute atomic E-state index is 13.5. The van der Waals surface area contributed by atoms with Crippen molar-refractivity contribution in [1.29, 1.82) is 0 Å². The van der Waals surface area contributed by atoms with Crippen LogP contribution >= 0.6 is 23.2 Å². The van der Waals surface area contributed by atoms with Gasteiger partial charge in [-0.05, 0) is 83.9 Å². The highest BCUT2D eigenvalue weighted by Gasteiger charge is 2.27. The molecule has 0 unspecified atom stereocenters. The maximum Gasteiger partial charge on any atom is 0.264 e. The lowest BCUT2D eigenvalue weighted by atomic mass is 10.2. The molecule has 9 nitrogen and oxygen atoms in total. The van der Waals surface area contributed by atoms with Gasteiger partial charge in [0.2, 0.25) is 0 Å². The molecular weight excluding hydrogens is 601 g/mol. The molecule has 218 valence electrons. The monoisotopic (exact) mass is 627 g/mol. The number of carbonyl (C=O) groups is 1. The fourth-order valence-corrected chi connectivity index (χ4v) is 5.51. The predicted molar refractivity (Wildman–Crippen MR) is 163 cm³/mol. The summed E-state index contributed by atoms with van der Waals surface area (Å²) in [5.74, 6) is 0.817. The van der Waals surface area contributed by atoms with Crippen molar-refractivity contribution in [3.05, 3.63) is 112 Å². The molecule has 1 N–H and O–H groups in total. The number of halogens is 2. The minimum absolute atomic E-state index is 0.0231. The van der Waals surface area contributed by atoms with E-state index >= 15 is 0 Å². The summed E-state index contributed by atoms with van der Waals surface area (Å²) < 4.78 is 44.4. The quantitative estimate of drug-likeness (QED) is 0.154. The van der Waals surface area contributed by atoms with Gasteiger partial charge in [0, 0.05) is 10.0 Å². The molecule has 0 spiro atoms. The second-order valence-corrected chi connectivity index (χ2v) is 11.5. The number of nitrogens with zero attached hydrogens (tertiary/aromatic N) is 2. The highest BCUT2D eigenvalue weighted by molar-refractivity contribution is 7.92. The first-order valence-corrected chi connectivity index (χ1v) is 14.7. The topological polar surface area (TPSA) is 107 Å². The van der Waals surface area contributed by atoms with E-state index in [-0.39, 0.29) is 10.6 Å². The largest absolute Gasteiger partial charge is 0.497 e. The van der Waals surface area contributed by atoms with Crippen molar-refractivity contribution in [2.45, 2.75) is 11.5 Å². The number of amides is 1. The predicted octanol–water partition coefficient (Wildman–Crippen LogP) is 5.94. The van der Waals surface area contributed by atoms with Gasteiger partial charge in [0.1, 0.15) is 18.9 Å². The summed E-state index contributed by atoms with van der Waals surface area (Å²) >= 11 is 12.0. The van der Waals surface area contributed by atoms with Crippen molar-refractivity contribution in [1.82, 2.24) is 5.43 Å². The van der Waals surface area contributed by atoms with Gasteiger partial charge in [-0.15, -0.1) is 0 Å². The number of nitrogens with one attached hydrogen (secondary N) is 1. The molecule has 0 radical (unpaired) electrons. The fourth-order valence-electron chi connectivity index (χ4n) is 3.79. The van der Waals surface area contributed by atoms with Crippen LogP contribution in [0.4, 0.5) is 5.69 Å². The Bertz CT molecular complexity index is 1660. The summed E-state index contributed by atoms with van der Waals surface area (Å²) in [6.07, 6.45) is 1.41. The summed E-state index contributed by atoms with van der Waals surface area (Å²) in [4.78, 5) is 12.8. The van der Waals surface area contributed by atoms with Crippen LogP contribution in [0.15, 0.2) is 101 Å². The molecule has 0 saturated heterocycles. The molecule has 42 heavy (non-hydrogen) atoms. The van der Waals surface area contributed by atoms with E-state index in [4.69, 9.17) is 37.4 Å². The van der Waals surface area contributed by atoms with Gasteiger partial charge in [0.15, 0.2) is 11.5 Å². The van der Waals surface area contributed by atoms with Crippen LogP contribution in [0.25, 0.3) is 0 Å². The standard InChI is InChI=1S/C30H27Cl2N3O6S/c1-39-26-11-13-27(14-12-26)42(37,38)35(25-5-3-4-24(32)17-25)19-30(36)34-33-18-22-8-15-28(29(16-22)40-2)41-20-21-6-9-23(31)10-7-21/h3-18H,19-20H2,1-2H3,(H,34,36)/b33-18-. The molecule has 4 rings (SSSR count). The van der Waals surface area contributed by atoms with Crippen LogP contribution in [-0.2, 0) is 21.4 Å². The third-order valence-electron chi connectivity index (χ3n) is 5.93. The van der Waals surface area contributed by atoms with Gasteiger partial charge in [-0.1, -0.05) is 41.4 Å². The average Bonchev–Trinajstić information content (AvgIpc) is 2.99. The lowest BCUT2D eigenvalue weighted by Crippen LogP contribution is -2.39. The molecule has 12 heteroatoms. The number of hydrogen-bond donors (Lipinski definition) is 1. The minimum Gasteiger partial charge on any atom is -0.497 e.